The van der Waals surface area contributed by atoms with Crippen LogP contribution in [0.15, 0.2) is 41.6 Å². The molecule has 1 aromatic heterocycles. The minimum atomic E-state index is 0.0410. The first-order valence-electron chi connectivity index (χ1n) is 6.40. The summed E-state index contributed by atoms with van der Waals surface area (Å²) in [5.74, 6) is 0.234. The van der Waals surface area contributed by atoms with Crippen LogP contribution in [0.4, 0.5) is 0 Å². The standard InChI is InChI=1S/C15H17ClN2O/c1-3-11(2)14-8-17-10-18(15(14)19)9-12-4-6-13(16)7-5-12/h4-8,10-11H,3,9H2,1-2H3. The highest BCUT2D eigenvalue weighted by atomic mass is 35.5. The van der Waals surface area contributed by atoms with Crippen LogP contribution in [0, 0.1) is 0 Å². The van der Waals surface area contributed by atoms with Gasteiger partial charge in [0.1, 0.15) is 0 Å². The summed E-state index contributed by atoms with van der Waals surface area (Å²) in [6, 6.07) is 7.50. The highest BCUT2D eigenvalue weighted by Gasteiger charge is 2.10. The Morgan fingerprint density at radius 3 is 2.63 bits per heavy atom. The van der Waals surface area contributed by atoms with E-state index in [1.807, 2.05) is 31.2 Å². The van der Waals surface area contributed by atoms with Gasteiger partial charge in [0, 0.05) is 16.8 Å². The van der Waals surface area contributed by atoms with Crippen molar-refractivity contribution in [3.63, 3.8) is 0 Å². The molecule has 0 saturated carbocycles. The van der Waals surface area contributed by atoms with Crippen LogP contribution >= 0.6 is 11.6 Å². The molecule has 0 aliphatic carbocycles. The second-order valence-electron chi connectivity index (χ2n) is 4.72. The maximum absolute atomic E-state index is 12.3. The van der Waals surface area contributed by atoms with E-state index in [4.69, 9.17) is 11.6 Å². The number of benzene rings is 1. The third-order valence-corrected chi connectivity index (χ3v) is 3.59. The molecule has 0 saturated heterocycles. The van der Waals surface area contributed by atoms with Gasteiger partial charge < -0.3 is 0 Å². The van der Waals surface area contributed by atoms with E-state index in [1.165, 1.54) is 0 Å². The van der Waals surface area contributed by atoms with Crippen molar-refractivity contribution in [2.75, 3.05) is 0 Å². The monoisotopic (exact) mass is 276 g/mol. The molecule has 0 aliphatic rings. The van der Waals surface area contributed by atoms with Gasteiger partial charge in [-0.3, -0.25) is 9.36 Å². The summed E-state index contributed by atoms with van der Waals surface area (Å²) in [4.78, 5) is 16.5. The van der Waals surface area contributed by atoms with Crippen LogP contribution in [0.25, 0.3) is 0 Å². The number of hydrogen-bond acceptors (Lipinski definition) is 2. The molecule has 2 aromatic rings. The maximum Gasteiger partial charge on any atom is 0.257 e. The van der Waals surface area contributed by atoms with E-state index in [-0.39, 0.29) is 11.5 Å². The van der Waals surface area contributed by atoms with Crippen molar-refractivity contribution >= 4 is 11.6 Å². The second-order valence-corrected chi connectivity index (χ2v) is 5.15. The predicted molar refractivity (Wildman–Crippen MR) is 77.8 cm³/mol. The van der Waals surface area contributed by atoms with Crippen LogP contribution in [-0.4, -0.2) is 9.55 Å². The van der Waals surface area contributed by atoms with Gasteiger partial charge in [0.2, 0.25) is 0 Å². The van der Waals surface area contributed by atoms with Gasteiger partial charge in [-0.05, 0) is 30.0 Å². The zero-order valence-corrected chi connectivity index (χ0v) is 11.9. The summed E-state index contributed by atoms with van der Waals surface area (Å²) in [5.41, 5.74) is 1.85. The van der Waals surface area contributed by atoms with E-state index >= 15 is 0 Å². The first-order chi connectivity index (χ1) is 9.11. The third-order valence-electron chi connectivity index (χ3n) is 3.34. The van der Waals surface area contributed by atoms with Crippen molar-refractivity contribution in [3.8, 4) is 0 Å². The van der Waals surface area contributed by atoms with Crippen molar-refractivity contribution in [2.24, 2.45) is 0 Å². The summed E-state index contributed by atoms with van der Waals surface area (Å²) in [6.45, 7) is 4.64. The lowest BCUT2D eigenvalue weighted by molar-refractivity contribution is 0.666. The maximum atomic E-state index is 12.3. The van der Waals surface area contributed by atoms with Gasteiger partial charge >= 0.3 is 0 Å². The Bertz CT molecular complexity index is 604. The molecular weight excluding hydrogens is 260 g/mol. The summed E-state index contributed by atoms with van der Waals surface area (Å²) in [5, 5.41) is 0.697. The highest BCUT2D eigenvalue weighted by molar-refractivity contribution is 6.30. The first-order valence-corrected chi connectivity index (χ1v) is 6.78. The smallest absolute Gasteiger partial charge is 0.257 e. The number of rotatable bonds is 4. The SMILES string of the molecule is CCC(C)c1cncn(Cc2ccc(Cl)cc2)c1=O. The molecule has 0 spiro atoms. The molecule has 0 radical (unpaired) electrons. The summed E-state index contributed by atoms with van der Waals surface area (Å²) >= 11 is 5.85. The van der Waals surface area contributed by atoms with Gasteiger partial charge in [-0.15, -0.1) is 0 Å². The largest absolute Gasteiger partial charge is 0.295 e. The van der Waals surface area contributed by atoms with E-state index < -0.39 is 0 Å². The molecule has 0 fully saturated rings. The van der Waals surface area contributed by atoms with Crippen molar-refractivity contribution in [1.29, 1.82) is 0 Å². The molecule has 100 valence electrons. The zero-order valence-electron chi connectivity index (χ0n) is 11.1. The van der Waals surface area contributed by atoms with E-state index in [0.29, 0.717) is 11.6 Å². The van der Waals surface area contributed by atoms with Crippen LogP contribution in [0.2, 0.25) is 5.02 Å². The predicted octanol–water partition coefficient (Wildman–Crippen LogP) is 3.46. The first kappa shape index (κ1) is 13.8. The summed E-state index contributed by atoms with van der Waals surface area (Å²) < 4.78 is 1.64. The Hall–Kier alpha value is -1.61. The molecule has 1 heterocycles. The molecule has 0 bridgehead atoms. The quantitative estimate of drug-likeness (QED) is 0.857. The van der Waals surface area contributed by atoms with Crippen LogP contribution in [0.3, 0.4) is 0 Å². The fraction of sp³-hybridized carbons (Fsp3) is 0.333. The lowest BCUT2D eigenvalue weighted by Gasteiger charge is -2.11. The van der Waals surface area contributed by atoms with Gasteiger partial charge in [-0.1, -0.05) is 37.6 Å². The van der Waals surface area contributed by atoms with Crippen molar-refractivity contribution < 1.29 is 0 Å². The number of hydrogen-bond donors (Lipinski definition) is 0. The van der Waals surface area contributed by atoms with E-state index in [9.17, 15) is 4.79 Å². The Morgan fingerprint density at radius 2 is 2.00 bits per heavy atom. The van der Waals surface area contributed by atoms with Crippen LogP contribution in [0.1, 0.15) is 37.3 Å². The molecule has 19 heavy (non-hydrogen) atoms. The molecule has 1 unspecified atom stereocenters. The van der Waals surface area contributed by atoms with Crippen molar-refractivity contribution in [2.45, 2.75) is 32.7 Å². The van der Waals surface area contributed by atoms with Crippen LogP contribution in [0.5, 0.6) is 0 Å². The molecule has 4 heteroatoms. The Morgan fingerprint density at radius 1 is 1.32 bits per heavy atom. The Kier molecular flexibility index (Phi) is 4.38. The zero-order chi connectivity index (χ0) is 13.8. The average molecular weight is 277 g/mol. The third kappa shape index (κ3) is 3.24. The molecule has 2 rings (SSSR count). The number of nitrogens with zero attached hydrogens (tertiary/aromatic N) is 2. The molecule has 3 nitrogen and oxygen atoms in total. The normalized spacial score (nSPS) is 12.4. The lowest BCUT2D eigenvalue weighted by Crippen LogP contribution is -2.25. The van der Waals surface area contributed by atoms with Crippen molar-refractivity contribution in [1.82, 2.24) is 9.55 Å². The minimum Gasteiger partial charge on any atom is -0.295 e. The molecule has 1 aromatic carbocycles. The topological polar surface area (TPSA) is 34.9 Å². The van der Waals surface area contributed by atoms with Gasteiger partial charge in [-0.25, -0.2) is 4.98 Å². The molecule has 0 N–H and O–H groups in total. The van der Waals surface area contributed by atoms with Gasteiger partial charge in [0.25, 0.3) is 5.56 Å². The average Bonchev–Trinajstić information content (AvgIpc) is 2.43. The van der Waals surface area contributed by atoms with E-state index in [1.54, 1.807) is 17.1 Å². The molecule has 1 atom stereocenters. The second kappa shape index (κ2) is 6.02. The van der Waals surface area contributed by atoms with Crippen LogP contribution < -0.4 is 5.56 Å². The summed E-state index contributed by atoms with van der Waals surface area (Å²) in [7, 11) is 0. The number of halogens is 1. The fourth-order valence-corrected chi connectivity index (χ4v) is 2.05. The minimum absolute atomic E-state index is 0.0410. The van der Waals surface area contributed by atoms with Crippen molar-refractivity contribution in [3.05, 3.63) is 63.3 Å². The Balaban J connectivity index is 2.31. The van der Waals surface area contributed by atoms with E-state index in [2.05, 4.69) is 11.9 Å². The Labute approximate surface area is 117 Å². The molecular formula is C15H17ClN2O. The van der Waals surface area contributed by atoms with Gasteiger partial charge in [0.05, 0.1) is 12.9 Å². The van der Waals surface area contributed by atoms with Gasteiger partial charge in [-0.2, -0.15) is 0 Å². The fourth-order valence-electron chi connectivity index (χ4n) is 1.92. The number of aromatic nitrogens is 2. The highest BCUT2D eigenvalue weighted by Crippen LogP contribution is 2.14. The molecule has 0 aliphatic heterocycles. The van der Waals surface area contributed by atoms with E-state index in [0.717, 1.165) is 17.5 Å². The summed E-state index contributed by atoms with van der Waals surface area (Å²) in [6.07, 6.45) is 4.19. The van der Waals surface area contributed by atoms with Crippen LogP contribution in [-0.2, 0) is 6.54 Å². The van der Waals surface area contributed by atoms with Gasteiger partial charge in [0.15, 0.2) is 0 Å². The molecule has 0 amide bonds. The lowest BCUT2D eigenvalue weighted by atomic mass is 10.0.